The van der Waals surface area contributed by atoms with E-state index >= 15 is 0 Å². The van der Waals surface area contributed by atoms with E-state index < -0.39 is 15.3 Å². The minimum Gasteiger partial charge on any atom is -0.360 e. The molecular formula is C28H28N6O3S2. The summed E-state index contributed by atoms with van der Waals surface area (Å²) in [4.78, 5) is 16.5. The number of nitrogens with zero attached hydrogens (tertiary/aromatic N) is 3. The monoisotopic (exact) mass is 560 g/mol. The van der Waals surface area contributed by atoms with E-state index in [1.165, 1.54) is 23.9 Å². The van der Waals surface area contributed by atoms with Crippen LogP contribution in [0.2, 0.25) is 0 Å². The molecule has 0 aliphatic carbocycles. The summed E-state index contributed by atoms with van der Waals surface area (Å²) in [5.74, 6) is 0.424. The van der Waals surface area contributed by atoms with Gasteiger partial charge in [-0.15, -0.1) is 10.2 Å². The number of amides is 1. The van der Waals surface area contributed by atoms with E-state index in [1.54, 1.807) is 32.9 Å². The van der Waals surface area contributed by atoms with Gasteiger partial charge in [-0.1, -0.05) is 48.2 Å². The molecule has 2 aromatic heterocycles. The molecule has 0 spiro atoms. The summed E-state index contributed by atoms with van der Waals surface area (Å²) in [5, 5.41) is 12.9. The van der Waals surface area contributed by atoms with Crippen LogP contribution in [0.4, 0.5) is 5.69 Å². The highest BCUT2D eigenvalue weighted by atomic mass is 32.2. The number of para-hydroxylation sites is 2. The summed E-state index contributed by atoms with van der Waals surface area (Å²) in [6, 6.07) is 23.6. The van der Waals surface area contributed by atoms with Crippen molar-refractivity contribution in [3.63, 3.8) is 0 Å². The number of rotatable bonds is 9. The zero-order chi connectivity index (χ0) is 27.6. The molecule has 0 radical (unpaired) electrons. The summed E-state index contributed by atoms with van der Waals surface area (Å²) in [5.41, 5.74) is 3.29. The van der Waals surface area contributed by atoms with Crippen molar-refractivity contribution >= 4 is 44.3 Å². The number of anilines is 1. The number of benzene rings is 3. The molecule has 3 aromatic carbocycles. The van der Waals surface area contributed by atoms with Gasteiger partial charge in [-0.05, 0) is 63.2 Å². The van der Waals surface area contributed by atoms with Crippen molar-refractivity contribution in [2.75, 3.05) is 5.32 Å². The van der Waals surface area contributed by atoms with E-state index in [2.05, 4.69) is 25.2 Å². The maximum absolute atomic E-state index is 13.1. The summed E-state index contributed by atoms with van der Waals surface area (Å²) < 4.78 is 29.2. The molecule has 5 rings (SSSR count). The van der Waals surface area contributed by atoms with E-state index in [9.17, 15) is 13.2 Å². The van der Waals surface area contributed by atoms with Crippen molar-refractivity contribution in [3.05, 3.63) is 85.1 Å². The Morgan fingerprint density at radius 1 is 0.923 bits per heavy atom. The highest BCUT2D eigenvalue weighted by molar-refractivity contribution is 8.00. The average Bonchev–Trinajstić information content (AvgIpc) is 3.52. The molecule has 0 bridgehead atoms. The van der Waals surface area contributed by atoms with Crippen LogP contribution in [0.5, 0.6) is 0 Å². The third-order valence-corrected chi connectivity index (χ3v) is 8.67. The second-order valence-electron chi connectivity index (χ2n) is 9.27. The lowest BCUT2D eigenvalue weighted by Gasteiger charge is -2.14. The zero-order valence-corrected chi connectivity index (χ0v) is 23.3. The molecule has 200 valence electrons. The predicted octanol–water partition coefficient (Wildman–Crippen LogP) is 5.22. The van der Waals surface area contributed by atoms with Crippen LogP contribution in [0.1, 0.15) is 20.8 Å². The SMILES string of the molecule is CC(C)NS(=O)(=O)c1ccc(NC(=O)[C@H](C)Sc2nnc(-c3c[nH]c4ccccc34)n2-c2ccccc2)cc1. The molecule has 9 nitrogen and oxygen atoms in total. The number of carbonyl (C=O) groups excluding carboxylic acids is 1. The van der Waals surface area contributed by atoms with Gasteiger partial charge in [0.25, 0.3) is 0 Å². The Kier molecular flexibility index (Phi) is 7.56. The minimum atomic E-state index is -3.61. The van der Waals surface area contributed by atoms with Crippen LogP contribution in [-0.4, -0.2) is 45.4 Å². The molecule has 0 unspecified atom stereocenters. The van der Waals surface area contributed by atoms with Crippen LogP contribution in [0.25, 0.3) is 28.0 Å². The van der Waals surface area contributed by atoms with Crippen molar-refractivity contribution in [1.82, 2.24) is 24.5 Å². The van der Waals surface area contributed by atoms with Crippen LogP contribution < -0.4 is 10.0 Å². The van der Waals surface area contributed by atoms with Gasteiger partial charge in [0.05, 0.1) is 10.1 Å². The molecule has 0 fully saturated rings. The number of fused-ring (bicyclic) bond motifs is 1. The van der Waals surface area contributed by atoms with Gasteiger partial charge in [0.15, 0.2) is 11.0 Å². The first kappa shape index (κ1) is 26.7. The Balaban J connectivity index is 1.38. The van der Waals surface area contributed by atoms with E-state index in [0.29, 0.717) is 16.7 Å². The van der Waals surface area contributed by atoms with E-state index in [1.807, 2.05) is 65.4 Å². The number of aromatic amines is 1. The van der Waals surface area contributed by atoms with Gasteiger partial charge in [0.1, 0.15) is 0 Å². The molecule has 0 aliphatic heterocycles. The maximum atomic E-state index is 13.1. The Hall–Kier alpha value is -3.93. The molecule has 3 N–H and O–H groups in total. The molecule has 0 saturated carbocycles. The lowest BCUT2D eigenvalue weighted by Crippen LogP contribution is -2.30. The fourth-order valence-corrected chi connectivity index (χ4v) is 6.26. The number of hydrogen-bond donors (Lipinski definition) is 3. The fourth-order valence-electron chi connectivity index (χ4n) is 4.14. The van der Waals surface area contributed by atoms with Gasteiger partial charge in [-0.2, -0.15) is 0 Å². The summed E-state index contributed by atoms with van der Waals surface area (Å²) in [7, 11) is -3.61. The van der Waals surface area contributed by atoms with E-state index in [-0.39, 0.29) is 16.8 Å². The Morgan fingerprint density at radius 2 is 1.62 bits per heavy atom. The van der Waals surface area contributed by atoms with Gasteiger partial charge in [-0.3, -0.25) is 9.36 Å². The minimum absolute atomic E-state index is 0.136. The average molecular weight is 561 g/mol. The van der Waals surface area contributed by atoms with Crippen LogP contribution in [0.3, 0.4) is 0 Å². The number of hydrogen-bond acceptors (Lipinski definition) is 6. The first-order valence-corrected chi connectivity index (χ1v) is 14.8. The Labute approximate surface area is 231 Å². The summed E-state index contributed by atoms with van der Waals surface area (Å²) in [6.07, 6.45) is 1.92. The highest BCUT2D eigenvalue weighted by Gasteiger charge is 2.23. The van der Waals surface area contributed by atoms with Crippen LogP contribution in [0.15, 0.2) is 95.1 Å². The number of H-pyrrole nitrogens is 1. The second-order valence-corrected chi connectivity index (χ2v) is 12.3. The quantitative estimate of drug-likeness (QED) is 0.213. The van der Waals surface area contributed by atoms with E-state index in [4.69, 9.17) is 0 Å². The molecule has 0 aliphatic rings. The first-order valence-electron chi connectivity index (χ1n) is 12.4. The van der Waals surface area contributed by atoms with Crippen molar-refractivity contribution < 1.29 is 13.2 Å². The first-order chi connectivity index (χ1) is 18.7. The molecule has 11 heteroatoms. The third-order valence-electron chi connectivity index (χ3n) is 5.95. The molecule has 1 atom stereocenters. The Bertz CT molecular complexity index is 1710. The summed E-state index contributed by atoms with van der Waals surface area (Å²) in [6.45, 7) is 5.31. The predicted molar refractivity (Wildman–Crippen MR) is 154 cm³/mol. The number of aromatic nitrogens is 4. The van der Waals surface area contributed by atoms with Gasteiger partial charge < -0.3 is 10.3 Å². The Morgan fingerprint density at radius 3 is 2.33 bits per heavy atom. The molecule has 5 aromatic rings. The highest BCUT2D eigenvalue weighted by Crippen LogP contribution is 2.33. The van der Waals surface area contributed by atoms with Gasteiger partial charge in [-0.25, -0.2) is 13.1 Å². The maximum Gasteiger partial charge on any atom is 0.240 e. The number of thioether (sulfide) groups is 1. The summed E-state index contributed by atoms with van der Waals surface area (Å²) >= 11 is 1.29. The molecule has 2 heterocycles. The van der Waals surface area contributed by atoms with Crippen molar-refractivity contribution in [3.8, 4) is 17.1 Å². The lowest BCUT2D eigenvalue weighted by atomic mass is 10.1. The van der Waals surface area contributed by atoms with E-state index in [0.717, 1.165) is 22.2 Å². The third kappa shape index (κ3) is 5.75. The topological polar surface area (TPSA) is 122 Å². The normalized spacial score (nSPS) is 12.6. The molecule has 1 amide bonds. The zero-order valence-electron chi connectivity index (χ0n) is 21.6. The number of carbonyl (C=O) groups is 1. The molecule has 39 heavy (non-hydrogen) atoms. The molecule has 0 saturated heterocycles. The smallest absolute Gasteiger partial charge is 0.240 e. The standard InChI is InChI=1S/C28H28N6O3S2/c1-18(2)33-39(36,37)22-15-13-20(14-16-22)30-27(35)19(3)38-28-32-31-26(34(28)21-9-5-4-6-10-21)24-17-29-25-12-8-7-11-23(24)25/h4-19,29,33H,1-3H3,(H,30,35)/t19-/m0/s1. The largest absolute Gasteiger partial charge is 0.360 e. The van der Waals surface area contributed by atoms with Gasteiger partial charge in [0, 0.05) is 40.1 Å². The van der Waals surface area contributed by atoms with Crippen molar-refractivity contribution in [2.45, 2.75) is 42.1 Å². The fraction of sp³-hybridized carbons (Fsp3) is 0.179. The second kappa shape index (κ2) is 11.0. The lowest BCUT2D eigenvalue weighted by molar-refractivity contribution is -0.115. The van der Waals surface area contributed by atoms with Gasteiger partial charge >= 0.3 is 0 Å². The van der Waals surface area contributed by atoms with Crippen LogP contribution in [0, 0.1) is 0 Å². The van der Waals surface area contributed by atoms with Crippen molar-refractivity contribution in [1.29, 1.82) is 0 Å². The van der Waals surface area contributed by atoms with Crippen LogP contribution in [-0.2, 0) is 14.8 Å². The molecular weight excluding hydrogens is 532 g/mol. The number of nitrogens with one attached hydrogen (secondary N) is 3. The van der Waals surface area contributed by atoms with Gasteiger partial charge in [0.2, 0.25) is 15.9 Å². The number of sulfonamides is 1. The van der Waals surface area contributed by atoms with Crippen molar-refractivity contribution in [2.24, 2.45) is 0 Å². The van der Waals surface area contributed by atoms with Crippen LogP contribution >= 0.6 is 11.8 Å².